The maximum Gasteiger partial charge on any atom is 0.320 e. The number of aryl methyl sites for hydroxylation is 1. The number of nitrogens with zero attached hydrogens (tertiary/aromatic N) is 3. The standard InChI is InChI=1S/C12H15N5O3S2/c1-7-5-9(8-3-4-21-11(8)22(7,19)20)13-12(18)14-10-6-17(2)16-15-10/h3-4,6-7,9H,5H2,1-2H3,(H2,13,14,18)/t7-,9-/m0/s1. The highest BCUT2D eigenvalue weighted by Crippen LogP contribution is 2.39. The van der Waals surface area contributed by atoms with Gasteiger partial charge >= 0.3 is 6.03 Å². The summed E-state index contributed by atoms with van der Waals surface area (Å²) in [4.78, 5) is 12.0. The maximum absolute atomic E-state index is 12.3. The fourth-order valence-electron chi connectivity index (χ4n) is 2.42. The van der Waals surface area contributed by atoms with Crippen LogP contribution in [0.4, 0.5) is 10.6 Å². The first-order valence-electron chi connectivity index (χ1n) is 6.63. The molecule has 22 heavy (non-hydrogen) atoms. The van der Waals surface area contributed by atoms with Crippen molar-refractivity contribution in [3.63, 3.8) is 0 Å². The summed E-state index contributed by atoms with van der Waals surface area (Å²) in [6, 6.07) is 0.974. The fourth-order valence-corrected chi connectivity index (χ4v) is 5.65. The van der Waals surface area contributed by atoms with E-state index in [4.69, 9.17) is 0 Å². The van der Waals surface area contributed by atoms with Gasteiger partial charge in [-0.1, -0.05) is 5.21 Å². The smallest absolute Gasteiger partial charge is 0.320 e. The van der Waals surface area contributed by atoms with E-state index in [9.17, 15) is 13.2 Å². The number of amides is 2. The first kappa shape index (κ1) is 15.0. The molecule has 10 heteroatoms. The van der Waals surface area contributed by atoms with Crippen LogP contribution in [0.1, 0.15) is 24.9 Å². The lowest BCUT2D eigenvalue weighted by molar-refractivity contribution is 0.247. The van der Waals surface area contributed by atoms with Crippen LogP contribution in [-0.4, -0.2) is 34.7 Å². The zero-order valence-corrected chi connectivity index (χ0v) is 13.6. The number of sulfone groups is 1. The first-order valence-corrected chi connectivity index (χ1v) is 9.05. The number of hydrogen-bond acceptors (Lipinski definition) is 6. The van der Waals surface area contributed by atoms with Gasteiger partial charge in [0.2, 0.25) is 0 Å². The molecule has 0 radical (unpaired) electrons. The van der Waals surface area contributed by atoms with Gasteiger partial charge in [0.05, 0.1) is 17.5 Å². The molecule has 2 aromatic rings. The Hall–Kier alpha value is -1.94. The third-order valence-electron chi connectivity index (χ3n) is 3.54. The lowest BCUT2D eigenvalue weighted by atomic mass is 10.1. The number of anilines is 1. The molecule has 0 aromatic carbocycles. The van der Waals surface area contributed by atoms with Crippen LogP contribution in [0.25, 0.3) is 0 Å². The van der Waals surface area contributed by atoms with E-state index in [0.717, 1.165) is 0 Å². The summed E-state index contributed by atoms with van der Waals surface area (Å²) in [6.07, 6.45) is 1.92. The number of rotatable bonds is 2. The molecule has 0 aliphatic carbocycles. The molecule has 1 aliphatic heterocycles. The molecule has 0 bridgehead atoms. The van der Waals surface area contributed by atoms with Crippen LogP contribution in [0.5, 0.6) is 0 Å². The minimum absolute atomic E-state index is 0.335. The summed E-state index contributed by atoms with van der Waals surface area (Å²) in [7, 11) is -1.58. The second-order valence-corrected chi connectivity index (χ2v) is 8.66. The Bertz CT molecular complexity index is 810. The first-order chi connectivity index (χ1) is 10.4. The maximum atomic E-state index is 12.3. The molecule has 2 atom stereocenters. The van der Waals surface area contributed by atoms with E-state index in [-0.39, 0.29) is 6.04 Å². The Labute approximate surface area is 131 Å². The molecule has 0 spiro atoms. The van der Waals surface area contributed by atoms with E-state index >= 15 is 0 Å². The number of carbonyl (C=O) groups excluding carboxylic acids is 1. The summed E-state index contributed by atoms with van der Waals surface area (Å²) in [6.45, 7) is 1.66. The van der Waals surface area contributed by atoms with E-state index in [0.29, 0.717) is 22.0 Å². The Kier molecular flexibility index (Phi) is 3.65. The van der Waals surface area contributed by atoms with Crippen LogP contribution < -0.4 is 10.6 Å². The van der Waals surface area contributed by atoms with Gasteiger partial charge in [0.15, 0.2) is 15.7 Å². The van der Waals surface area contributed by atoms with Crippen molar-refractivity contribution in [1.82, 2.24) is 20.3 Å². The van der Waals surface area contributed by atoms with E-state index in [1.807, 2.05) is 0 Å². The summed E-state index contributed by atoms with van der Waals surface area (Å²) in [5, 5.41) is 14.1. The number of hydrogen-bond donors (Lipinski definition) is 2. The lowest BCUT2D eigenvalue weighted by Crippen LogP contribution is -2.38. The highest BCUT2D eigenvalue weighted by molar-refractivity contribution is 7.94. The summed E-state index contributed by atoms with van der Waals surface area (Å²) in [5.74, 6) is 0.335. The van der Waals surface area contributed by atoms with Gasteiger partial charge in [-0.15, -0.1) is 16.4 Å². The van der Waals surface area contributed by atoms with Crippen molar-refractivity contribution < 1.29 is 13.2 Å². The molecule has 3 rings (SSSR count). The molecule has 8 nitrogen and oxygen atoms in total. The Morgan fingerprint density at radius 3 is 2.95 bits per heavy atom. The Morgan fingerprint density at radius 2 is 2.27 bits per heavy atom. The molecular formula is C12H15N5O3S2. The van der Waals surface area contributed by atoms with E-state index in [1.54, 1.807) is 31.6 Å². The molecule has 0 unspecified atom stereocenters. The largest absolute Gasteiger partial charge is 0.331 e. The van der Waals surface area contributed by atoms with Gasteiger partial charge in [-0.3, -0.25) is 10.00 Å². The number of fused-ring (bicyclic) bond motifs is 1. The van der Waals surface area contributed by atoms with Crippen LogP contribution in [0, 0.1) is 0 Å². The van der Waals surface area contributed by atoms with Gasteiger partial charge in [0, 0.05) is 12.6 Å². The van der Waals surface area contributed by atoms with Gasteiger partial charge in [-0.05, 0) is 24.8 Å². The summed E-state index contributed by atoms with van der Waals surface area (Å²) in [5.41, 5.74) is 0.650. The van der Waals surface area contributed by atoms with Crippen molar-refractivity contribution in [1.29, 1.82) is 0 Å². The molecule has 2 aromatic heterocycles. The molecular weight excluding hydrogens is 326 g/mol. The monoisotopic (exact) mass is 341 g/mol. The van der Waals surface area contributed by atoms with Crippen molar-refractivity contribution >= 4 is 33.0 Å². The highest BCUT2D eigenvalue weighted by atomic mass is 32.2. The number of thiophene rings is 1. The molecule has 2 N–H and O–H groups in total. The van der Waals surface area contributed by atoms with E-state index in [1.165, 1.54) is 16.0 Å². The number of carbonyl (C=O) groups is 1. The third-order valence-corrected chi connectivity index (χ3v) is 7.25. The van der Waals surface area contributed by atoms with Crippen LogP contribution in [0.3, 0.4) is 0 Å². The third kappa shape index (κ3) is 2.59. The minimum atomic E-state index is -3.28. The van der Waals surface area contributed by atoms with Crippen molar-refractivity contribution in [2.24, 2.45) is 7.05 Å². The van der Waals surface area contributed by atoms with Gasteiger partial charge in [0.25, 0.3) is 0 Å². The molecule has 2 amide bonds. The van der Waals surface area contributed by atoms with Crippen LogP contribution in [-0.2, 0) is 16.9 Å². The average Bonchev–Trinajstić information content (AvgIpc) is 3.06. The number of aromatic nitrogens is 3. The van der Waals surface area contributed by atoms with E-state index in [2.05, 4.69) is 20.9 Å². The molecule has 3 heterocycles. The predicted molar refractivity (Wildman–Crippen MR) is 81.5 cm³/mol. The quantitative estimate of drug-likeness (QED) is 0.856. The average molecular weight is 341 g/mol. The van der Waals surface area contributed by atoms with Gasteiger partial charge < -0.3 is 5.32 Å². The van der Waals surface area contributed by atoms with Crippen molar-refractivity contribution in [3.8, 4) is 0 Å². The topological polar surface area (TPSA) is 106 Å². The zero-order chi connectivity index (χ0) is 15.9. The number of urea groups is 1. The SMILES string of the molecule is C[C@H]1C[C@H](NC(=O)Nc2cn(C)nn2)c2ccsc2S1(=O)=O. The van der Waals surface area contributed by atoms with Crippen LogP contribution >= 0.6 is 11.3 Å². The lowest BCUT2D eigenvalue weighted by Gasteiger charge is -2.27. The summed E-state index contributed by atoms with van der Waals surface area (Å²) >= 11 is 1.19. The molecule has 1 aliphatic rings. The van der Waals surface area contributed by atoms with Crippen molar-refractivity contribution in [2.75, 3.05) is 5.32 Å². The molecule has 118 valence electrons. The number of nitrogens with one attached hydrogen (secondary N) is 2. The van der Waals surface area contributed by atoms with Gasteiger partial charge in [-0.2, -0.15) is 0 Å². The van der Waals surface area contributed by atoms with Gasteiger partial charge in [-0.25, -0.2) is 13.2 Å². The van der Waals surface area contributed by atoms with Crippen molar-refractivity contribution in [3.05, 3.63) is 23.2 Å². The van der Waals surface area contributed by atoms with Crippen LogP contribution in [0.15, 0.2) is 21.9 Å². The fraction of sp³-hybridized carbons (Fsp3) is 0.417. The van der Waals surface area contributed by atoms with E-state index < -0.39 is 21.1 Å². The Morgan fingerprint density at radius 1 is 1.50 bits per heavy atom. The second kappa shape index (κ2) is 5.36. The molecule has 0 fully saturated rings. The van der Waals surface area contributed by atoms with Crippen molar-refractivity contribution in [2.45, 2.75) is 28.8 Å². The molecule has 0 saturated heterocycles. The Balaban J connectivity index is 1.77. The molecule has 0 saturated carbocycles. The van der Waals surface area contributed by atoms with Crippen LogP contribution in [0.2, 0.25) is 0 Å². The predicted octanol–water partition coefficient (Wildman–Crippen LogP) is 1.31. The minimum Gasteiger partial charge on any atom is -0.331 e. The summed E-state index contributed by atoms with van der Waals surface area (Å²) < 4.78 is 26.3. The zero-order valence-electron chi connectivity index (χ0n) is 12.0. The normalized spacial score (nSPS) is 22.8. The van der Waals surface area contributed by atoms with Gasteiger partial charge in [0.1, 0.15) is 4.21 Å². The highest BCUT2D eigenvalue weighted by Gasteiger charge is 2.37. The second-order valence-electron chi connectivity index (χ2n) is 5.18.